The van der Waals surface area contributed by atoms with Gasteiger partial charge in [0, 0.05) is 43.7 Å². The largest absolute Gasteiger partial charge is 0.370 e. The van der Waals surface area contributed by atoms with E-state index in [9.17, 15) is 4.79 Å². The highest BCUT2D eigenvalue weighted by atomic mass is 35.5. The van der Waals surface area contributed by atoms with E-state index in [1.807, 2.05) is 30.3 Å². The third-order valence-electron chi connectivity index (χ3n) is 5.27. The summed E-state index contributed by atoms with van der Waals surface area (Å²) in [6, 6.07) is 9.63. The predicted molar refractivity (Wildman–Crippen MR) is 118 cm³/mol. The van der Waals surface area contributed by atoms with Crippen LogP contribution in [-0.4, -0.2) is 35.5 Å². The molecule has 6 nitrogen and oxygen atoms in total. The van der Waals surface area contributed by atoms with Crippen LogP contribution in [0.25, 0.3) is 0 Å². The Morgan fingerprint density at radius 2 is 2.17 bits per heavy atom. The summed E-state index contributed by atoms with van der Waals surface area (Å²) >= 11 is 6.15. The van der Waals surface area contributed by atoms with Crippen LogP contribution in [-0.2, 0) is 11.3 Å². The maximum atomic E-state index is 12.3. The van der Waals surface area contributed by atoms with Crippen molar-refractivity contribution in [2.24, 2.45) is 5.92 Å². The molecule has 1 fully saturated rings. The molecule has 0 spiro atoms. The van der Waals surface area contributed by atoms with Crippen LogP contribution >= 0.6 is 11.6 Å². The molecule has 1 aromatic carbocycles. The van der Waals surface area contributed by atoms with E-state index in [0.717, 1.165) is 62.5 Å². The van der Waals surface area contributed by atoms with Crippen molar-refractivity contribution in [1.82, 2.24) is 15.3 Å². The highest BCUT2D eigenvalue weighted by molar-refractivity contribution is 6.31. The Hall–Kier alpha value is -2.34. The zero-order valence-electron chi connectivity index (χ0n) is 17.0. The summed E-state index contributed by atoms with van der Waals surface area (Å²) in [5, 5.41) is 6.99. The molecule has 3 rings (SSSR count). The van der Waals surface area contributed by atoms with Gasteiger partial charge in [0.2, 0.25) is 5.91 Å². The maximum Gasteiger partial charge on any atom is 0.220 e. The standard InChI is InChI=1S/C22H30ClN5O/c1-2-11-24-20-13-21(27-16-26-20)28-12-5-6-17(15-28)9-10-22(29)25-14-18-7-3-4-8-19(18)23/h3-4,7-8,13,16-17H,2,5-6,9-12,14-15H2,1H3,(H,25,29)(H,24,26,27). The molecule has 1 atom stereocenters. The van der Waals surface area contributed by atoms with E-state index in [-0.39, 0.29) is 5.91 Å². The number of nitrogens with zero attached hydrogens (tertiary/aromatic N) is 3. The number of rotatable bonds is 9. The highest BCUT2D eigenvalue weighted by Gasteiger charge is 2.22. The molecule has 1 saturated heterocycles. The Kier molecular flexibility index (Phi) is 8.11. The van der Waals surface area contributed by atoms with Crippen molar-refractivity contribution in [1.29, 1.82) is 0 Å². The number of anilines is 2. The van der Waals surface area contributed by atoms with Crippen molar-refractivity contribution in [3.05, 3.63) is 47.2 Å². The van der Waals surface area contributed by atoms with Gasteiger partial charge >= 0.3 is 0 Å². The number of aromatic nitrogens is 2. The summed E-state index contributed by atoms with van der Waals surface area (Å²) < 4.78 is 0. The van der Waals surface area contributed by atoms with E-state index in [2.05, 4.69) is 32.4 Å². The van der Waals surface area contributed by atoms with Crippen molar-refractivity contribution >= 4 is 29.1 Å². The molecular formula is C22H30ClN5O. The summed E-state index contributed by atoms with van der Waals surface area (Å²) in [6.45, 7) is 5.45. The van der Waals surface area contributed by atoms with Crippen LogP contribution in [0.3, 0.4) is 0 Å². The van der Waals surface area contributed by atoms with Gasteiger partial charge in [-0.1, -0.05) is 36.7 Å². The molecule has 1 aromatic heterocycles. The predicted octanol–water partition coefficient (Wildman–Crippen LogP) is 4.26. The fourth-order valence-electron chi connectivity index (χ4n) is 3.64. The third kappa shape index (κ3) is 6.60. The molecule has 7 heteroatoms. The quantitative estimate of drug-likeness (QED) is 0.640. The van der Waals surface area contributed by atoms with Gasteiger partial charge in [-0.3, -0.25) is 4.79 Å². The first-order valence-corrected chi connectivity index (χ1v) is 10.8. The van der Waals surface area contributed by atoms with Crippen LogP contribution in [0.4, 0.5) is 11.6 Å². The molecule has 1 unspecified atom stereocenters. The monoisotopic (exact) mass is 415 g/mol. The lowest BCUT2D eigenvalue weighted by atomic mass is 9.93. The lowest BCUT2D eigenvalue weighted by molar-refractivity contribution is -0.121. The highest BCUT2D eigenvalue weighted by Crippen LogP contribution is 2.25. The second-order valence-corrected chi connectivity index (χ2v) is 7.96. The van der Waals surface area contributed by atoms with Gasteiger partial charge in [-0.15, -0.1) is 0 Å². The van der Waals surface area contributed by atoms with Gasteiger partial charge in [0.1, 0.15) is 18.0 Å². The van der Waals surface area contributed by atoms with Crippen LogP contribution in [0.5, 0.6) is 0 Å². The molecule has 0 aliphatic carbocycles. The van der Waals surface area contributed by atoms with Gasteiger partial charge < -0.3 is 15.5 Å². The summed E-state index contributed by atoms with van der Waals surface area (Å²) in [7, 11) is 0. The van der Waals surface area contributed by atoms with E-state index >= 15 is 0 Å². The first kappa shape index (κ1) is 21.4. The normalized spacial score (nSPS) is 16.5. The number of nitrogens with one attached hydrogen (secondary N) is 2. The minimum Gasteiger partial charge on any atom is -0.370 e. The van der Waals surface area contributed by atoms with Crippen molar-refractivity contribution in [2.45, 2.75) is 45.6 Å². The Labute approximate surface area is 178 Å². The van der Waals surface area contributed by atoms with Crippen LogP contribution in [0.15, 0.2) is 36.7 Å². The number of carbonyl (C=O) groups excluding carboxylic acids is 1. The Bertz CT molecular complexity index is 800. The second-order valence-electron chi connectivity index (χ2n) is 7.55. The molecule has 2 N–H and O–H groups in total. The third-order valence-corrected chi connectivity index (χ3v) is 5.63. The molecular weight excluding hydrogens is 386 g/mol. The first-order valence-electron chi connectivity index (χ1n) is 10.5. The Morgan fingerprint density at radius 1 is 1.31 bits per heavy atom. The number of carbonyl (C=O) groups is 1. The van der Waals surface area contributed by atoms with Crippen molar-refractivity contribution < 1.29 is 4.79 Å². The van der Waals surface area contributed by atoms with Gasteiger partial charge in [-0.2, -0.15) is 0 Å². The molecule has 29 heavy (non-hydrogen) atoms. The topological polar surface area (TPSA) is 70.2 Å². The first-order chi connectivity index (χ1) is 14.2. The zero-order valence-corrected chi connectivity index (χ0v) is 17.8. The average molecular weight is 416 g/mol. The van der Waals surface area contributed by atoms with E-state index in [4.69, 9.17) is 11.6 Å². The summed E-state index contributed by atoms with van der Waals surface area (Å²) in [6.07, 6.45) is 6.38. The Morgan fingerprint density at radius 3 is 3.00 bits per heavy atom. The molecule has 0 bridgehead atoms. The number of amides is 1. The second kappa shape index (κ2) is 11.0. The van der Waals surface area contributed by atoms with Crippen molar-refractivity contribution in [3.63, 3.8) is 0 Å². The fraction of sp³-hybridized carbons (Fsp3) is 0.500. The SMILES string of the molecule is CCCNc1cc(N2CCCC(CCC(=O)NCc3ccccc3Cl)C2)ncn1. The van der Waals surface area contributed by atoms with Crippen molar-refractivity contribution in [3.8, 4) is 0 Å². The number of hydrogen-bond acceptors (Lipinski definition) is 5. The van der Waals surface area contributed by atoms with Gasteiger partial charge in [-0.05, 0) is 43.2 Å². The number of halogens is 1. The number of piperidine rings is 1. The summed E-state index contributed by atoms with van der Waals surface area (Å²) in [5.41, 5.74) is 0.947. The lowest BCUT2D eigenvalue weighted by Crippen LogP contribution is -2.36. The summed E-state index contributed by atoms with van der Waals surface area (Å²) in [5.74, 6) is 2.41. The van der Waals surface area contributed by atoms with E-state index in [0.29, 0.717) is 23.9 Å². The van der Waals surface area contributed by atoms with Crippen LogP contribution in [0, 0.1) is 5.92 Å². The molecule has 2 aromatic rings. The van der Waals surface area contributed by atoms with Gasteiger partial charge in [0.05, 0.1) is 0 Å². The minimum atomic E-state index is 0.0788. The lowest BCUT2D eigenvalue weighted by Gasteiger charge is -2.33. The van der Waals surface area contributed by atoms with E-state index in [1.54, 1.807) is 6.33 Å². The van der Waals surface area contributed by atoms with Gasteiger partial charge in [0.15, 0.2) is 0 Å². The van der Waals surface area contributed by atoms with Crippen LogP contribution in [0.1, 0.15) is 44.6 Å². The van der Waals surface area contributed by atoms with E-state index in [1.165, 1.54) is 0 Å². The molecule has 2 heterocycles. The fourth-order valence-corrected chi connectivity index (χ4v) is 3.84. The molecule has 1 aliphatic rings. The summed E-state index contributed by atoms with van der Waals surface area (Å²) in [4.78, 5) is 23.3. The number of hydrogen-bond donors (Lipinski definition) is 2. The average Bonchev–Trinajstić information content (AvgIpc) is 2.76. The van der Waals surface area contributed by atoms with Gasteiger partial charge in [-0.25, -0.2) is 9.97 Å². The van der Waals surface area contributed by atoms with Crippen LogP contribution in [0.2, 0.25) is 5.02 Å². The molecule has 1 aliphatic heterocycles. The smallest absolute Gasteiger partial charge is 0.220 e. The van der Waals surface area contributed by atoms with Gasteiger partial charge in [0.25, 0.3) is 0 Å². The molecule has 1 amide bonds. The van der Waals surface area contributed by atoms with Crippen LogP contribution < -0.4 is 15.5 Å². The Balaban J connectivity index is 1.46. The molecule has 0 radical (unpaired) electrons. The maximum absolute atomic E-state index is 12.3. The van der Waals surface area contributed by atoms with Crippen molar-refractivity contribution in [2.75, 3.05) is 29.9 Å². The minimum absolute atomic E-state index is 0.0788. The molecule has 156 valence electrons. The zero-order chi connectivity index (χ0) is 20.5. The number of benzene rings is 1. The molecule has 0 saturated carbocycles. The van der Waals surface area contributed by atoms with E-state index < -0.39 is 0 Å².